The van der Waals surface area contributed by atoms with Gasteiger partial charge in [-0.15, -0.1) is 0 Å². The van der Waals surface area contributed by atoms with Gasteiger partial charge in [-0.05, 0) is 31.0 Å². The second-order valence-electron chi connectivity index (χ2n) is 4.41. The number of pyridine rings is 1. The Hall–Kier alpha value is -1.61. The lowest BCUT2D eigenvalue weighted by molar-refractivity contribution is 0.830. The number of rotatable bonds is 2. The fourth-order valence-corrected chi connectivity index (χ4v) is 1.78. The van der Waals surface area contributed by atoms with Gasteiger partial charge in [0.15, 0.2) is 0 Å². The Morgan fingerprint density at radius 2 is 2.00 bits per heavy atom. The zero-order chi connectivity index (χ0) is 11.7. The van der Waals surface area contributed by atoms with Gasteiger partial charge in [-0.3, -0.25) is 10.8 Å². The molecule has 0 saturated carbocycles. The third-order valence-corrected chi connectivity index (χ3v) is 2.73. The average Bonchev–Trinajstić information content (AvgIpc) is 2.27. The summed E-state index contributed by atoms with van der Waals surface area (Å²) in [6.07, 6.45) is 0. The highest BCUT2D eigenvalue weighted by Crippen LogP contribution is 2.26. The highest BCUT2D eigenvalue weighted by atomic mass is 15.2. The summed E-state index contributed by atoms with van der Waals surface area (Å²) >= 11 is 0. The summed E-state index contributed by atoms with van der Waals surface area (Å²) in [5.41, 5.74) is 6.96. The van der Waals surface area contributed by atoms with Crippen LogP contribution in [0, 0.1) is 6.92 Å². The number of anilines is 1. The second kappa shape index (κ2) is 4.10. The maximum atomic E-state index is 5.56. The Bertz CT molecular complexity index is 518. The second-order valence-corrected chi connectivity index (χ2v) is 4.41. The van der Waals surface area contributed by atoms with Crippen molar-refractivity contribution in [3.63, 3.8) is 0 Å². The Labute approximate surface area is 95.7 Å². The predicted octanol–water partition coefficient (Wildman–Crippen LogP) is 2.95. The summed E-state index contributed by atoms with van der Waals surface area (Å²) in [5, 5.41) is 1.08. The van der Waals surface area contributed by atoms with Crippen molar-refractivity contribution in [3.8, 4) is 0 Å². The molecule has 84 valence electrons. The fourth-order valence-electron chi connectivity index (χ4n) is 1.78. The van der Waals surface area contributed by atoms with Crippen LogP contribution < -0.4 is 11.3 Å². The predicted molar refractivity (Wildman–Crippen MR) is 68.4 cm³/mol. The van der Waals surface area contributed by atoms with Crippen LogP contribution in [-0.2, 0) is 0 Å². The Kier molecular flexibility index (Phi) is 2.79. The van der Waals surface area contributed by atoms with E-state index in [1.807, 2.05) is 12.1 Å². The molecule has 0 aliphatic carbocycles. The third-order valence-electron chi connectivity index (χ3n) is 2.73. The minimum atomic E-state index is 0.401. The number of nitrogens with one attached hydrogen (secondary N) is 1. The number of benzene rings is 1. The van der Waals surface area contributed by atoms with Crippen molar-refractivity contribution in [2.45, 2.75) is 26.7 Å². The summed E-state index contributed by atoms with van der Waals surface area (Å²) in [7, 11) is 0. The van der Waals surface area contributed by atoms with Crippen molar-refractivity contribution >= 4 is 16.6 Å². The molecule has 1 heterocycles. The van der Waals surface area contributed by atoms with Crippen molar-refractivity contribution in [3.05, 3.63) is 35.5 Å². The highest BCUT2D eigenvalue weighted by molar-refractivity contribution is 5.91. The van der Waals surface area contributed by atoms with Crippen LogP contribution in [-0.4, -0.2) is 4.98 Å². The molecule has 16 heavy (non-hydrogen) atoms. The van der Waals surface area contributed by atoms with Crippen LogP contribution in [0.3, 0.4) is 0 Å². The molecule has 2 aromatic rings. The van der Waals surface area contributed by atoms with Gasteiger partial charge in [-0.2, -0.15) is 0 Å². The lowest BCUT2D eigenvalue weighted by atomic mass is 10.1. The van der Waals surface area contributed by atoms with E-state index in [2.05, 4.69) is 43.3 Å². The van der Waals surface area contributed by atoms with E-state index in [1.165, 1.54) is 5.56 Å². The van der Waals surface area contributed by atoms with Gasteiger partial charge < -0.3 is 5.43 Å². The Morgan fingerprint density at radius 3 is 2.62 bits per heavy atom. The smallest absolute Gasteiger partial charge is 0.0726 e. The summed E-state index contributed by atoms with van der Waals surface area (Å²) in [6, 6.07) is 8.23. The van der Waals surface area contributed by atoms with Crippen molar-refractivity contribution in [2.24, 2.45) is 5.84 Å². The van der Waals surface area contributed by atoms with Crippen molar-refractivity contribution in [2.75, 3.05) is 5.43 Å². The van der Waals surface area contributed by atoms with Gasteiger partial charge >= 0.3 is 0 Å². The lowest BCUT2D eigenvalue weighted by Crippen LogP contribution is -2.08. The molecule has 0 bridgehead atoms. The monoisotopic (exact) mass is 215 g/mol. The summed E-state index contributed by atoms with van der Waals surface area (Å²) in [5.74, 6) is 5.96. The SMILES string of the molecule is Cc1ccc2nc(C(C)C)cc(NN)c2c1. The van der Waals surface area contributed by atoms with Gasteiger partial charge in [0.05, 0.1) is 11.2 Å². The van der Waals surface area contributed by atoms with E-state index >= 15 is 0 Å². The van der Waals surface area contributed by atoms with Gasteiger partial charge in [-0.1, -0.05) is 25.5 Å². The third kappa shape index (κ3) is 1.86. The molecule has 3 nitrogen and oxygen atoms in total. The van der Waals surface area contributed by atoms with Gasteiger partial charge in [0, 0.05) is 11.1 Å². The van der Waals surface area contributed by atoms with Crippen molar-refractivity contribution < 1.29 is 0 Å². The quantitative estimate of drug-likeness (QED) is 0.598. The fraction of sp³-hybridized carbons (Fsp3) is 0.308. The lowest BCUT2D eigenvalue weighted by Gasteiger charge is -2.11. The molecule has 0 spiro atoms. The molecule has 0 amide bonds. The van der Waals surface area contributed by atoms with Crippen molar-refractivity contribution in [1.29, 1.82) is 0 Å². The molecule has 0 aliphatic rings. The van der Waals surface area contributed by atoms with Crippen LogP contribution in [0.2, 0.25) is 0 Å². The number of nitrogen functional groups attached to an aromatic ring is 1. The van der Waals surface area contributed by atoms with E-state index < -0.39 is 0 Å². The zero-order valence-corrected chi connectivity index (χ0v) is 9.91. The highest BCUT2D eigenvalue weighted by Gasteiger charge is 2.07. The number of hydrogen-bond donors (Lipinski definition) is 2. The van der Waals surface area contributed by atoms with Crippen LogP contribution in [0.25, 0.3) is 10.9 Å². The number of aromatic nitrogens is 1. The van der Waals surface area contributed by atoms with E-state index in [-0.39, 0.29) is 0 Å². The number of aryl methyl sites for hydroxylation is 1. The van der Waals surface area contributed by atoms with Crippen LogP contribution >= 0.6 is 0 Å². The molecular weight excluding hydrogens is 198 g/mol. The maximum Gasteiger partial charge on any atom is 0.0726 e. The topological polar surface area (TPSA) is 50.9 Å². The molecule has 2 rings (SSSR count). The van der Waals surface area contributed by atoms with Gasteiger partial charge in [0.2, 0.25) is 0 Å². The molecule has 1 aromatic heterocycles. The van der Waals surface area contributed by atoms with E-state index in [0.29, 0.717) is 5.92 Å². The molecule has 1 aromatic carbocycles. The zero-order valence-electron chi connectivity index (χ0n) is 9.91. The van der Waals surface area contributed by atoms with Crippen LogP contribution in [0.5, 0.6) is 0 Å². The molecule has 3 heteroatoms. The molecular formula is C13H17N3. The normalized spacial score (nSPS) is 11.1. The van der Waals surface area contributed by atoms with E-state index in [1.54, 1.807) is 0 Å². The largest absolute Gasteiger partial charge is 0.323 e. The van der Waals surface area contributed by atoms with Gasteiger partial charge in [-0.25, -0.2) is 0 Å². The number of fused-ring (bicyclic) bond motifs is 1. The number of nitrogens with zero attached hydrogens (tertiary/aromatic N) is 1. The van der Waals surface area contributed by atoms with E-state index in [9.17, 15) is 0 Å². The molecule has 0 aliphatic heterocycles. The van der Waals surface area contributed by atoms with Crippen molar-refractivity contribution in [1.82, 2.24) is 4.98 Å². The Balaban J connectivity index is 2.73. The van der Waals surface area contributed by atoms with Gasteiger partial charge in [0.25, 0.3) is 0 Å². The summed E-state index contributed by atoms with van der Waals surface area (Å²) < 4.78 is 0. The molecule has 0 fully saturated rings. The number of nitrogens with two attached hydrogens (primary N) is 1. The minimum absolute atomic E-state index is 0.401. The Morgan fingerprint density at radius 1 is 1.25 bits per heavy atom. The summed E-state index contributed by atoms with van der Waals surface area (Å²) in [4.78, 5) is 4.63. The van der Waals surface area contributed by atoms with Crippen LogP contribution in [0.1, 0.15) is 31.0 Å². The molecule has 3 N–H and O–H groups in total. The molecule has 0 unspecified atom stereocenters. The van der Waals surface area contributed by atoms with E-state index in [0.717, 1.165) is 22.3 Å². The summed E-state index contributed by atoms with van der Waals surface area (Å²) in [6.45, 7) is 6.32. The molecule has 0 atom stereocenters. The molecule has 0 radical (unpaired) electrons. The first-order valence-electron chi connectivity index (χ1n) is 5.49. The first-order chi connectivity index (χ1) is 7.61. The van der Waals surface area contributed by atoms with Crippen LogP contribution in [0.4, 0.5) is 5.69 Å². The maximum absolute atomic E-state index is 5.56. The number of hydrazine groups is 1. The van der Waals surface area contributed by atoms with E-state index in [4.69, 9.17) is 5.84 Å². The first kappa shape index (κ1) is 10.9. The minimum Gasteiger partial charge on any atom is -0.323 e. The molecule has 0 saturated heterocycles. The van der Waals surface area contributed by atoms with Gasteiger partial charge in [0.1, 0.15) is 0 Å². The van der Waals surface area contributed by atoms with Crippen LogP contribution in [0.15, 0.2) is 24.3 Å². The first-order valence-corrected chi connectivity index (χ1v) is 5.49. The number of hydrogen-bond acceptors (Lipinski definition) is 3. The standard InChI is InChI=1S/C13H17N3/c1-8(2)12-7-13(16-14)10-6-9(3)4-5-11(10)15-12/h4-8H,14H2,1-3H3,(H,15,16). The average molecular weight is 215 g/mol.